The molecule has 2 saturated heterocycles. The summed E-state index contributed by atoms with van der Waals surface area (Å²) >= 11 is 0. The molecular formula is C22H18N2O4. The molecule has 140 valence electrons. The number of anilines is 2. The lowest BCUT2D eigenvalue weighted by molar-refractivity contribution is -0.126. The van der Waals surface area contributed by atoms with Crippen LogP contribution in [0.4, 0.5) is 11.4 Å². The molecule has 28 heavy (non-hydrogen) atoms. The number of imide groups is 1. The van der Waals surface area contributed by atoms with Gasteiger partial charge in [0.05, 0.1) is 17.6 Å². The summed E-state index contributed by atoms with van der Waals surface area (Å²) in [6.07, 6.45) is 0.675. The van der Waals surface area contributed by atoms with Crippen LogP contribution in [0.5, 0.6) is 0 Å². The Hall–Kier alpha value is -3.38. The normalized spacial score (nSPS) is 24.1. The van der Waals surface area contributed by atoms with Gasteiger partial charge in [-0.2, -0.15) is 0 Å². The average molecular weight is 374 g/mol. The van der Waals surface area contributed by atoms with Crippen LogP contribution < -0.4 is 9.96 Å². The number of carbonyl (C=O) groups excluding carboxylic acids is 2. The van der Waals surface area contributed by atoms with E-state index in [0.29, 0.717) is 11.4 Å². The van der Waals surface area contributed by atoms with Gasteiger partial charge in [0.2, 0.25) is 5.91 Å². The van der Waals surface area contributed by atoms with Gasteiger partial charge in [0.15, 0.2) is 6.10 Å². The fourth-order valence-corrected chi connectivity index (χ4v) is 4.01. The molecule has 2 aliphatic heterocycles. The van der Waals surface area contributed by atoms with Crippen molar-refractivity contribution in [3.05, 3.63) is 84.3 Å². The first-order valence-electron chi connectivity index (χ1n) is 9.15. The second kappa shape index (κ2) is 6.35. The first-order chi connectivity index (χ1) is 13.7. The Kier molecular flexibility index (Phi) is 3.80. The molecular weight excluding hydrogens is 356 g/mol. The molecule has 0 spiro atoms. The monoisotopic (exact) mass is 374 g/mol. The van der Waals surface area contributed by atoms with Crippen molar-refractivity contribution in [2.45, 2.75) is 19.1 Å². The van der Waals surface area contributed by atoms with Crippen molar-refractivity contribution >= 4 is 23.2 Å². The van der Waals surface area contributed by atoms with Gasteiger partial charge < -0.3 is 4.42 Å². The van der Waals surface area contributed by atoms with E-state index in [1.54, 1.807) is 29.5 Å². The number of nitrogens with zero attached hydrogens (tertiary/aromatic N) is 2. The third-order valence-electron chi connectivity index (χ3n) is 5.32. The number of benzene rings is 2. The van der Waals surface area contributed by atoms with E-state index in [4.69, 9.17) is 9.25 Å². The van der Waals surface area contributed by atoms with Crippen molar-refractivity contribution < 1.29 is 18.8 Å². The number of hydroxylamine groups is 1. The van der Waals surface area contributed by atoms with E-state index in [9.17, 15) is 9.59 Å². The Morgan fingerprint density at radius 3 is 2.32 bits per heavy atom. The number of carbonyl (C=O) groups is 2. The molecule has 0 bridgehead atoms. The minimum absolute atomic E-state index is 0.274. The Bertz CT molecular complexity index is 1030. The van der Waals surface area contributed by atoms with Gasteiger partial charge in [0.1, 0.15) is 17.7 Å². The smallest absolute Gasteiger partial charge is 0.266 e. The molecule has 2 fully saturated rings. The summed E-state index contributed by atoms with van der Waals surface area (Å²) in [5, 5.41) is 1.62. The van der Waals surface area contributed by atoms with Gasteiger partial charge in [-0.15, -0.1) is 0 Å². The van der Waals surface area contributed by atoms with Crippen LogP contribution in [-0.4, -0.2) is 17.9 Å². The fourth-order valence-electron chi connectivity index (χ4n) is 4.01. The van der Waals surface area contributed by atoms with E-state index in [2.05, 4.69) is 0 Å². The van der Waals surface area contributed by atoms with Gasteiger partial charge in [-0.3, -0.25) is 14.4 Å². The minimum Gasteiger partial charge on any atom is -0.467 e. The first kappa shape index (κ1) is 16.8. The highest BCUT2D eigenvalue weighted by molar-refractivity contribution is 6.24. The van der Waals surface area contributed by atoms with E-state index in [1.165, 1.54) is 4.90 Å². The molecule has 2 aliphatic rings. The molecule has 6 nitrogen and oxygen atoms in total. The summed E-state index contributed by atoms with van der Waals surface area (Å²) in [7, 11) is 0. The summed E-state index contributed by atoms with van der Waals surface area (Å²) in [6, 6.07) is 19.8. The number of para-hydroxylation sites is 2. The van der Waals surface area contributed by atoms with Gasteiger partial charge in [-0.05, 0) is 42.8 Å². The lowest BCUT2D eigenvalue weighted by Crippen LogP contribution is -2.37. The lowest BCUT2D eigenvalue weighted by Gasteiger charge is -2.27. The third kappa shape index (κ3) is 2.38. The van der Waals surface area contributed by atoms with Crippen molar-refractivity contribution in [1.82, 2.24) is 0 Å². The molecule has 0 unspecified atom stereocenters. The van der Waals surface area contributed by atoms with Crippen LogP contribution >= 0.6 is 0 Å². The zero-order valence-corrected chi connectivity index (χ0v) is 15.2. The van der Waals surface area contributed by atoms with E-state index in [0.717, 1.165) is 11.3 Å². The number of furan rings is 1. The molecule has 1 aromatic heterocycles. The predicted molar refractivity (Wildman–Crippen MR) is 102 cm³/mol. The quantitative estimate of drug-likeness (QED) is 0.655. The Labute approximate surface area is 161 Å². The van der Waals surface area contributed by atoms with Crippen LogP contribution in [-0.2, 0) is 14.4 Å². The highest BCUT2D eigenvalue weighted by Gasteiger charge is 2.61. The molecule has 2 amide bonds. The number of aryl methyl sites for hydroxylation is 1. The number of hydrogen-bond donors (Lipinski definition) is 0. The van der Waals surface area contributed by atoms with E-state index < -0.39 is 18.1 Å². The predicted octanol–water partition coefficient (Wildman–Crippen LogP) is 3.64. The second-order valence-electron chi connectivity index (χ2n) is 6.97. The summed E-state index contributed by atoms with van der Waals surface area (Å²) in [4.78, 5) is 33.9. The molecule has 0 saturated carbocycles. The van der Waals surface area contributed by atoms with Crippen molar-refractivity contribution in [3.63, 3.8) is 0 Å². The number of amides is 2. The standard InChI is InChI=1S/C22H18N2O4/c1-14-8-5-6-11-16(14)23-21(25)18-19(17-12-7-13-27-17)24(28-20(18)22(23)26)15-9-3-2-4-10-15/h2-13,18-20H,1H3/t18-,19+,20+/m0/s1. The molecule has 0 N–H and O–H groups in total. The zero-order chi connectivity index (χ0) is 19.3. The Morgan fingerprint density at radius 1 is 0.857 bits per heavy atom. The largest absolute Gasteiger partial charge is 0.467 e. The van der Waals surface area contributed by atoms with Crippen LogP contribution in [0.3, 0.4) is 0 Å². The molecule has 5 rings (SSSR count). The van der Waals surface area contributed by atoms with E-state index in [-0.39, 0.29) is 11.8 Å². The van der Waals surface area contributed by atoms with Crippen molar-refractivity contribution in [2.75, 3.05) is 9.96 Å². The van der Waals surface area contributed by atoms with Crippen molar-refractivity contribution in [3.8, 4) is 0 Å². The summed E-state index contributed by atoms with van der Waals surface area (Å²) in [6.45, 7) is 1.88. The lowest BCUT2D eigenvalue weighted by atomic mass is 9.94. The van der Waals surface area contributed by atoms with Crippen LogP contribution in [0.1, 0.15) is 17.4 Å². The number of hydrogen-bond acceptors (Lipinski definition) is 5. The fraction of sp³-hybridized carbons (Fsp3) is 0.182. The van der Waals surface area contributed by atoms with E-state index in [1.807, 2.05) is 55.5 Å². The number of rotatable bonds is 3. The molecule has 2 aromatic carbocycles. The van der Waals surface area contributed by atoms with Gasteiger partial charge in [-0.1, -0.05) is 36.4 Å². The van der Waals surface area contributed by atoms with Gasteiger partial charge in [0, 0.05) is 0 Å². The SMILES string of the molecule is Cc1ccccc1N1C(=O)[C@H]2[C@@H](c3ccco3)N(c3ccccc3)O[C@H]2C1=O. The van der Waals surface area contributed by atoms with Crippen LogP contribution in [0.2, 0.25) is 0 Å². The Balaban J connectivity index is 1.59. The highest BCUT2D eigenvalue weighted by Crippen LogP contribution is 2.47. The van der Waals surface area contributed by atoms with E-state index >= 15 is 0 Å². The summed E-state index contributed by atoms with van der Waals surface area (Å²) < 4.78 is 5.62. The van der Waals surface area contributed by atoms with Crippen molar-refractivity contribution in [2.24, 2.45) is 5.92 Å². The third-order valence-corrected chi connectivity index (χ3v) is 5.32. The van der Waals surface area contributed by atoms with Crippen LogP contribution in [0.15, 0.2) is 77.4 Å². The number of fused-ring (bicyclic) bond motifs is 1. The maximum absolute atomic E-state index is 13.4. The van der Waals surface area contributed by atoms with Gasteiger partial charge in [-0.25, -0.2) is 9.96 Å². The van der Waals surface area contributed by atoms with Crippen molar-refractivity contribution in [1.29, 1.82) is 0 Å². The maximum Gasteiger partial charge on any atom is 0.266 e. The zero-order valence-electron chi connectivity index (χ0n) is 15.2. The molecule has 0 aliphatic carbocycles. The second-order valence-corrected chi connectivity index (χ2v) is 6.97. The molecule has 3 heterocycles. The topological polar surface area (TPSA) is 63.0 Å². The van der Waals surface area contributed by atoms with Crippen LogP contribution in [0.25, 0.3) is 0 Å². The maximum atomic E-state index is 13.4. The van der Waals surface area contributed by atoms with Crippen LogP contribution in [0, 0.1) is 12.8 Å². The minimum atomic E-state index is -0.887. The average Bonchev–Trinajstić information content (AvgIpc) is 3.41. The molecule has 6 heteroatoms. The summed E-state index contributed by atoms with van der Waals surface area (Å²) in [5.41, 5.74) is 2.22. The summed E-state index contributed by atoms with van der Waals surface area (Å²) in [5.74, 6) is -0.717. The van der Waals surface area contributed by atoms with Gasteiger partial charge in [0.25, 0.3) is 5.91 Å². The van der Waals surface area contributed by atoms with Gasteiger partial charge >= 0.3 is 0 Å². The molecule has 3 aromatic rings. The molecule has 0 radical (unpaired) electrons. The molecule has 3 atom stereocenters. The Morgan fingerprint density at radius 2 is 1.61 bits per heavy atom. The first-order valence-corrected chi connectivity index (χ1v) is 9.15. The highest BCUT2D eigenvalue weighted by atomic mass is 16.7.